The number of methoxy groups -OCH3 is 17. The molecular weight excluding hydrogens is 1410 g/mol. The first kappa shape index (κ1) is 81.5. The van der Waals surface area contributed by atoms with E-state index in [1.54, 1.807) is 121 Å². The lowest BCUT2D eigenvalue weighted by atomic mass is 9.95. The van der Waals surface area contributed by atoms with E-state index in [-0.39, 0.29) is 19.8 Å². The molecule has 0 radical (unpaired) electrons. The maximum absolute atomic E-state index is 7.38. The first-order valence-electron chi connectivity index (χ1n) is 35.4. The Bertz CT molecular complexity index is 2820. The zero-order chi connectivity index (χ0) is 73.5. The smallest absolute Gasteiger partial charge is 0.187 e. The Labute approximate surface area is 611 Å². The largest absolute Gasteiger partial charge is 0.382 e. The SMILES string of the molecule is COCC1OC2OC3C4CP(c5ccccc5)CC5OC(OC6C(COC)OC(OC7C8CP(c9ccccc9)CC9OC(OC%10C(COC)OC(OC1C(OC)C2OC)C(OC)C%10OC)C(OC)C(OC)C9OC(O8)C(OC)C7OC)C(OC)C6OC)C(OC)C(OC)C5OC(O4)C(OC)C3OC. The zero-order valence-corrected chi connectivity index (χ0v) is 64.3. The Balaban J connectivity index is 0.989. The molecule has 0 spiro atoms. The van der Waals surface area contributed by atoms with Crippen molar-refractivity contribution in [2.45, 2.75) is 215 Å². The molecule has 33 heteroatoms. The van der Waals surface area contributed by atoms with Crippen LogP contribution in [0.1, 0.15) is 0 Å². The van der Waals surface area contributed by atoms with Crippen molar-refractivity contribution in [2.24, 2.45) is 0 Å². The highest BCUT2D eigenvalue weighted by atomic mass is 31.1. The van der Waals surface area contributed by atoms with Crippen molar-refractivity contribution in [3.8, 4) is 0 Å². The molecule has 37 atom stereocenters. The van der Waals surface area contributed by atoms with Crippen molar-refractivity contribution in [3.05, 3.63) is 60.7 Å². The Kier molecular flexibility index (Phi) is 29.8. The van der Waals surface area contributed by atoms with E-state index in [4.69, 9.17) is 147 Å². The number of ether oxygens (including phenoxy) is 31. The van der Waals surface area contributed by atoms with E-state index in [1.807, 2.05) is 36.4 Å². The Morgan fingerprint density at radius 3 is 0.606 bits per heavy atom. The summed E-state index contributed by atoms with van der Waals surface area (Å²) in [5.41, 5.74) is 0. The van der Waals surface area contributed by atoms with E-state index in [0.717, 1.165) is 10.6 Å². The van der Waals surface area contributed by atoms with E-state index in [1.165, 1.54) is 0 Å². The highest BCUT2D eigenvalue weighted by Gasteiger charge is 2.63. The standard InChI is InChI=1S/C71H110O31P2/c1-72-28-37-44-51(75-4)59(83-12)66(90-37)99-47-40-31-103(35-24-20-18-21-25-35)34-43-50(102-70(94-40)63(87-16)54(47)78-7)57(81-10)62(86-15)69(93-43)98-46-39(30-74-3)91-67(60(84-13)53(46)77-6)100-48-41-32-104(36-26-22-19-23-27-36)33-42-49(101-71(95-41)64(88-17)55(48)79-8)56(80-9)61(85-14)68(92-42)97-45-38(29-73-2)89-65(96-44)58(82-11)52(45)76-5/h18-27,37-71H,28-34H2,1-17H3. The van der Waals surface area contributed by atoms with Crippen LogP contribution in [0.3, 0.4) is 0 Å². The number of hydrogen-bond acceptors (Lipinski definition) is 31. The Morgan fingerprint density at radius 2 is 0.413 bits per heavy atom. The van der Waals surface area contributed by atoms with Gasteiger partial charge in [-0.1, -0.05) is 76.5 Å². The van der Waals surface area contributed by atoms with Gasteiger partial charge in [-0.05, 0) is 10.6 Å². The fourth-order valence-corrected chi connectivity index (χ4v) is 22.2. The summed E-state index contributed by atoms with van der Waals surface area (Å²) < 4.78 is 210. The third-order valence-electron chi connectivity index (χ3n) is 21.8. The van der Waals surface area contributed by atoms with Crippen LogP contribution in [0, 0.1) is 0 Å². The van der Waals surface area contributed by atoms with Crippen LogP contribution in [-0.2, 0) is 147 Å². The van der Waals surface area contributed by atoms with Crippen molar-refractivity contribution >= 4 is 26.5 Å². The summed E-state index contributed by atoms with van der Waals surface area (Å²) in [4.78, 5) is 0. The van der Waals surface area contributed by atoms with Gasteiger partial charge in [0.05, 0.1) is 44.2 Å². The first-order valence-corrected chi connectivity index (χ1v) is 38.9. The number of hydrogen-bond donors (Lipinski definition) is 0. The van der Waals surface area contributed by atoms with Gasteiger partial charge in [-0.3, -0.25) is 0 Å². The maximum Gasteiger partial charge on any atom is 0.187 e. The molecule has 0 saturated carbocycles. The molecule has 17 rings (SSSR count). The molecule has 14 bridgehead atoms. The minimum Gasteiger partial charge on any atom is -0.382 e. The van der Waals surface area contributed by atoms with Crippen molar-refractivity contribution in [1.82, 2.24) is 0 Å². The monoisotopic (exact) mass is 1520 g/mol. The second-order valence-electron chi connectivity index (χ2n) is 27.2. The van der Waals surface area contributed by atoms with E-state index < -0.39 is 231 Å². The average Bonchev–Trinajstić information content (AvgIpc) is 1.32. The topological polar surface area (TPSA) is 286 Å². The molecule has 15 saturated heterocycles. The summed E-state index contributed by atoms with van der Waals surface area (Å²) in [7, 11) is 24.2. The fraction of sp³-hybridized carbons (Fsp3) is 0.831. The molecule has 590 valence electrons. The second-order valence-corrected chi connectivity index (χ2v) is 31.8. The Hall–Kier alpha value is -1.94. The van der Waals surface area contributed by atoms with Crippen LogP contribution in [0.15, 0.2) is 60.7 Å². The molecule has 15 heterocycles. The molecule has 37 unspecified atom stereocenters. The number of rotatable bonds is 22. The molecule has 2 aromatic rings. The molecule has 15 aliphatic rings. The summed E-state index contributed by atoms with van der Waals surface area (Å²) >= 11 is 0. The molecule has 15 aliphatic heterocycles. The minimum absolute atomic E-state index is 0.00473. The molecule has 31 nitrogen and oxygen atoms in total. The third kappa shape index (κ3) is 16.6. The lowest BCUT2D eigenvalue weighted by Gasteiger charge is -2.52. The predicted molar refractivity (Wildman–Crippen MR) is 367 cm³/mol. The normalized spacial score (nSPS) is 46.5. The molecular formula is C71H110O31P2. The van der Waals surface area contributed by atoms with Crippen LogP contribution in [0.5, 0.6) is 0 Å². The maximum atomic E-state index is 7.38. The Morgan fingerprint density at radius 1 is 0.231 bits per heavy atom. The zero-order valence-electron chi connectivity index (χ0n) is 62.5. The number of fused-ring (bicyclic) bond motifs is 2. The van der Waals surface area contributed by atoms with Gasteiger partial charge in [0.15, 0.2) is 44.0 Å². The molecule has 0 N–H and O–H groups in total. The summed E-state index contributed by atoms with van der Waals surface area (Å²) in [6.07, 6.45) is -31.3. The van der Waals surface area contributed by atoms with Gasteiger partial charge in [-0.2, -0.15) is 0 Å². The van der Waals surface area contributed by atoms with Crippen LogP contribution in [0.25, 0.3) is 0 Å². The predicted octanol–water partition coefficient (Wildman–Crippen LogP) is 1.56. The van der Waals surface area contributed by atoms with Crippen molar-refractivity contribution in [2.75, 3.05) is 165 Å². The van der Waals surface area contributed by atoms with Crippen LogP contribution < -0.4 is 10.6 Å². The third-order valence-corrected chi connectivity index (χ3v) is 27.1. The van der Waals surface area contributed by atoms with Gasteiger partial charge in [0.1, 0.15) is 146 Å². The highest BCUT2D eigenvalue weighted by molar-refractivity contribution is 7.66. The minimum atomic E-state index is -1.26. The van der Waals surface area contributed by atoms with E-state index in [0.29, 0.717) is 24.6 Å². The van der Waals surface area contributed by atoms with Gasteiger partial charge in [0.2, 0.25) is 0 Å². The van der Waals surface area contributed by atoms with Gasteiger partial charge in [-0.15, -0.1) is 0 Å². The molecule has 2 aromatic carbocycles. The van der Waals surface area contributed by atoms with Crippen LogP contribution in [-0.4, -0.2) is 380 Å². The lowest BCUT2D eigenvalue weighted by molar-refractivity contribution is -0.399. The average molecular weight is 1520 g/mol. The van der Waals surface area contributed by atoms with E-state index >= 15 is 0 Å². The summed E-state index contributed by atoms with van der Waals surface area (Å²) in [6, 6.07) is 20.4. The van der Waals surface area contributed by atoms with Crippen molar-refractivity contribution in [1.29, 1.82) is 0 Å². The van der Waals surface area contributed by atoms with E-state index in [2.05, 4.69) is 24.3 Å². The summed E-state index contributed by atoms with van der Waals surface area (Å²) in [5.74, 6) is 0. The molecule has 0 amide bonds. The first-order chi connectivity index (χ1) is 50.8. The quantitative estimate of drug-likeness (QED) is 0.151. The van der Waals surface area contributed by atoms with Crippen molar-refractivity contribution < 1.29 is 147 Å². The van der Waals surface area contributed by atoms with Crippen molar-refractivity contribution in [3.63, 3.8) is 0 Å². The van der Waals surface area contributed by atoms with Crippen LogP contribution in [0.2, 0.25) is 0 Å². The van der Waals surface area contributed by atoms with Gasteiger partial charge in [0.25, 0.3) is 0 Å². The highest BCUT2D eigenvalue weighted by Crippen LogP contribution is 2.50. The van der Waals surface area contributed by atoms with Crippen LogP contribution in [0.4, 0.5) is 0 Å². The molecule has 0 aromatic heterocycles. The second kappa shape index (κ2) is 38.1. The summed E-state index contributed by atoms with van der Waals surface area (Å²) in [6.45, 7) is -0.00406. The molecule has 15 fully saturated rings. The lowest BCUT2D eigenvalue weighted by Crippen LogP contribution is -2.69. The number of benzene rings is 2. The summed E-state index contributed by atoms with van der Waals surface area (Å²) in [5, 5.41) is 2.10. The van der Waals surface area contributed by atoms with Gasteiger partial charge < -0.3 is 147 Å². The van der Waals surface area contributed by atoms with Gasteiger partial charge in [0, 0.05) is 146 Å². The van der Waals surface area contributed by atoms with E-state index in [9.17, 15) is 0 Å². The van der Waals surface area contributed by atoms with Gasteiger partial charge in [-0.25, -0.2) is 0 Å². The van der Waals surface area contributed by atoms with Gasteiger partial charge >= 0.3 is 0 Å². The molecule has 104 heavy (non-hydrogen) atoms. The molecule has 0 aliphatic carbocycles. The van der Waals surface area contributed by atoms with Crippen LogP contribution >= 0.6 is 15.8 Å². The fourth-order valence-electron chi connectivity index (χ4n) is 17.0.